The van der Waals surface area contributed by atoms with E-state index in [0.29, 0.717) is 0 Å². The van der Waals surface area contributed by atoms with Crippen molar-refractivity contribution in [3.8, 4) is 5.75 Å². The predicted molar refractivity (Wildman–Crippen MR) is 100 cm³/mol. The Labute approximate surface area is 143 Å². The summed E-state index contributed by atoms with van der Waals surface area (Å²) in [6.07, 6.45) is 6.40. The van der Waals surface area contributed by atoms with Crippen molar-refractivity contribution in [2.45, 2.75) is 59.4 Å². The van der Waals surface area contributed by atoms with Gasteiger partial charge >= 0.3 is 0 Å². The van der Waals surface area contributed by atoms with Crippen LogP contribution in [0.2, 0.25) is 0 Å². The number of hydrogen-bond acceptors (Lipinski definition) is 3. The average Bonchev–Trinajstić information content (AvgIpc) is 2.58. The zero-order chi connectivity index (χ0) is 16.8. The van der Waals surface area contributed by atoms with E-state index in [0.717, 1.165) is 51.5 Å². The number of ether oxygens (including phenoxy) is 1. The first-order valence-electron chi connectivity index (χ1n) is 9.44. The monoisotopic (exact) mass is 320 g/mol. The molecule has 1 aromatic carbocycles. The topological polar surface area (TPSA) is 24.5 Å². The molecule has 0 aromatic heterocycles. The fourth-order valence-corrected chi connectivity index (χ4v) is 2.65. The number of unbranched alkanes of at least 4 members (excludes halogenated alkanes) is 4. The van der Waals surface area contributed by atoms with Crippen LogP contribution in [0.4, 0.5) is 0 Å². The van der Waals surface area contributed by atoms with Gasteiger partial charge in [-0.25, -0.2) is 0 Å². The molecule has 0 radical (unpaired) electrons. The lowest BCUT2D eigenvalue weighted by Crippen LogP contribution is -2.31. The highest BCUT2D eigenvalue weighted by Gasteiger charge is 2.00. The Kier molecular flexibility index (Phi) is 11.6. The molecule has 23 heavy (non-hydrogen) atoms. The molecule has 132 valence electrons. The van der Waals surface area contributed by atoms with E-state index >= 15 is 0 Å². The smallest absolute Gasteiger partial charge is 0.119 e. The van der Waals surface area contributed by atoms with Crippen LogP contribution in [0.5, 0.6) is 5.75 Å². The molecule has 3 heteroatoms. The Morgan fingerprint density at radius 2 is 1.78 bits per heavy atom. The molecular weight excluding hydrogens is 284 g/mol. The van der Waals surface area contributed by atoms with Gasteiger partial charge in [-0.15, -0.1) is 0 Å². The Hall–Kier alpha value is -1.06. The molecular formula is C20H36N2O. The number of nitrogens with one attached hydrogen (secondary N) is 1. The molecule has 0 aliphatic carbocycles. The second-order valence-electron chi connectivity index (χ2n) is 6.11. The SMILES string of the molecule is CCCCCCCOc1cccc(CNCCN(CC)CC)c1. The highest BCUT2D eigenvalue weighted by atomic mass is 16.5. The third-order valence-electron chi connectivity index (χ3n) is 4.24. The molecule has 0 atom stereocenters. The maximum absolute atomic E-state index is 5.87. The Morgan fingerprint density at radius 3 is 2.52 bits per heavy atom. The molecule has 0 saturated carbocycles. The van der Waals surface area contributed by atoms with E-state index in [9.17, 15) is 0 Å². The third-order valence-corrected chi connectivity index (χ3v) is 4.24. The maximum atomic E-state index is 5.87. The van der Waals surface area contributed by atoms with E-state index in [1.807, 2.05) is 0 Å². The van der Waals surface area contributed by atoms with Gasteiger partial charge in [0.2, 0.25) is 0 Å². The molecule has 0 saturated heterocycles. The zero-order valence-corrected chi connectivity index (χ0v) is 15.4. The second kappa shape index (κ2) is 13.4. The fourth-order valence-electron chi connectivity index (χ4n) is 2.65. The first-order chi connectivity index (χ1) is 11.3. The summed E-state index contributed by atoms with van der Waals surface area (Å²) in [5.41, 5.74) is 1.30. The lowest BCUT2D eigenvalue weighted by molar-refractivity contribution is 0.301. The molecule has 3 nitrogen and oxygen atoms in total. The lowest BCUT2D eigenvalue weighted by Gasteiger charge is -2.18. The number of nitrogens with zero attached hydrogens (tertiary/aromatic N) is 1. The van der Waals surface area contributed by atoms with Crippen LogP contribution in [0.25, 0.3) is 0 Å². The molecule has 0 spiro atoms. The third kappa shape index (κ3) is 9.62. The summed E-state index contributed by atoms with van der Waals surface area (Å²) >= 11 is 0. The minimum Gasteiger partial charge on any atom is -0.494 e. The normalized spacial score (nSPS) is 11.1. The minimum atomic E-state index is 0.836. The predicted octanol–water partition coefficient (Wildman–Crippen LogP) is 4.47. The summed E-state index contributed by atoms with van der Waals surface area (Å²) in [6.45, 7) is 12.8. The molecule has 0 heterocycles. The van der Waals surface area contributed by atoms with E-state index < -0.39 is 0 Å². The first-order valence-corrected chi connectivity index (χ1v) is 9.44. The average molecular weight is 321 g/mol. The van der Waals surface area contributed by atoms with Gasteiger partial charge in [-0.1, -0.05) is 58.6 Å². The van der Waals surface area contributed by atoms with Gasteiger partial charge in [-0.05, 0) is 37.2 Å². The van der Waals surface area contributed by atoms with Crippen LogP contribution in [0.3, 0.4) is 0 Å². The van der Waals surface area contributed by atoms with Crippen LogP contribution < -0.4 is 10.1 Å². The number of hydrogen-bond donors (Lipinski definition) is 1. The molecule has 0 amide bonds. The van der Waals surface area contributed by atoms with Gasteiger partial charge in [-0.3, -0.25) is 0 Å². The van der Waals surface area contributed by atoms with Gasteiger partial charge in [0.25, 0.3) is 0 Å². The second-order valence-corrected chi connectivity index (χ2v) is 6.11. The minimum absolute atomic E-state index is 0.836. The van der Waals surface area contributed by atoms with E-state index in [-0.39, 0.29) is 0 Å². The van der Waals surface area contributed by atoms with Crippen molar-refractivity contribution in [3.63, 3.8) is 0 Å². The van der Waals surface area contributed by atoms with Crippen LogP contribution >= 0.6 is 0 Å². The van der Waals surface area contributed by atoms with E-state index in [1.165, 1.54) is 31.2 Å². The first kappa shape index (κ1) is 20.0. The van der Waals surface area contributed by atoms with Gasteiger partial charge in [0.05, 0.1) is 6.61 Å². The van der Waals surface area contributed by atoms with Crippen molar-refractivity contribution in [1.29, 1.82) is 0 Å². The van der Waals surface area contributed by atoms with Crippen molar-refractivity contribution in [2.24, 2.45) is 0 Å². The quantitative estimate of drug-likeness (QED) is 0.512. The highest BCUT2D eigenvalue weighted by Crippen LogP contribution is 2.14. The molecule has 1 aromatic rings. The van der Waals surface area contributed by atoms with E-state index in [4.69, 9.17) is 4.74 Å². The molecule has 0 unspecified atom stereocenters. The van der Waals surface area contributed by atoms with Gasteiger partial charge in [-0.2, -0.15) is 0 Å². The fraction of sp³-hybridized carbons (Fsp3) is 0.700. The Morgan fingerprint density at radius 1 is 1.00 bits per heavy atom. The molecule has 1 rings (SSSR count). The largest absolute Gasteiger partial charge is 0.494 e. The summed E-state index contributed by atoms with van der Waals surface area (Å²) in [5.74, 6) is 1.00. The van der Waals surface area contributed by atoms with Crippen molar-refractivity contribution < 1.29 is 4.74 Å². The van der Waals surface area contributed by atoms with Gasteiger partial charge in [0, 0.05) is 19.6 Å². The van der Waals surface area contributed by atoms with Crippen molar-refractivity contribution >= 4 is 0 Å². The number of benzene rings is 1. The van der Waals surface area contributed by atoms with Crippen molar-refractivity contribution in [3.05, 3.63) is 29.8 Å². The summed E-state index contributed by atoms with van der Waals surface area (Å²) in [5, 5.41) is 3.52. The van der Waals surface area contributed by atoms with Gasteiger partial charge < -0.3 is 15.0 Å². The number of rotatable bonds is 14. The number of likely N-dealkylation sites (N-methyl/N-ethyl adjacent to an activating group) is 1. The standard InChI is InChI=1S/C20H36N2O/c1-4-7-8-9-10-16-23-20-13-11-12-19(17-20)18-21-14-15-22(5-2)6-3/h11-13,17,21H,4-10,14-16,18H2,1-3H3. The van der Waals surface area contributed by atoms with Crippen molar-refractivity contribution in [1.82, 2.24) is 10.2 Å². The van der Waals surface area contributed by atoms with Crippen LogP contribution in [0.1, 0.15) is 58.4 Å². The van der Waals surface area contributed by atoms with Gasteiger partial charge in [0.15, 0.2) is 0 Å². The Bertz CT molecular complexity index is 391. The summed E-state index contributed by atoms with van der Waals surface area (Å²) in [6, 6.07) is 8.48. The zero-order valence-electron chi connectivity index (χ0n) is 15.4. The van der Waals surface area contributed by atoms with Crippen LogP contribution in [0, 0.1) is 0 Å². The molecule has 0 aliphatic rings. The Balaban J connectivity index is 2.19. The van der Waals surface area contributed by atoms with Crippen LogP contribution in [-0.4, -0.2) is 37.7 Å². The van der Waals surface area contributed by atoms with E-state index in [1.54, 1.807) is 0 Å². The lowest BCUT2D eigenvalue weighted by atomic mass is 10.2. The highest BCUT2D eigenvalue weighted by molar-refractivity contribution is 5.28. The maximum Gasteiger partial charge on any atom is 0.119 e. The summed E-state index contributed by atoms with van der Waals surface area (Å²) in [7, 11) is 0. The summed E-state index contributed by atoms with van der Waals surface area (Å²) in [4.78, 5) is 2.44. The summed E-state index contributed by atoms with van der Waals surface area (Å²) < 4.78 is 5.87. The molecule has 0 fully saturated rings. The van der Waals surface area contributed by atoms with Gasteiger partial charge in [0.1, 0.15) is 5.75 Å². The van der Waals surface area contributed by atoms with Crippen LogP contribution in [-0.2, 0) is 6.54 Å². The van der Waals surface area contributed by atoms with Crippen LogP contribution in [0.15, 0.2) is 24.3 Å². The van der Waals surface area contributed by atoms with Crippen molar-refractivity contribution in [2.75, 3.05) is 32.8 Å². The molecule has 0 bridgehead atoms. The molecule has 0 aliphatic heterocycles. The molecule has 1 N–H and O–H groups in total. The van der Waals surface area contributed by atoms with E-state index in [2.05, 4.69) is 55.3 Å².